The maximum absolute atomic E-state index is 8.48. The van der Waals surface area contributed by atoms with Crippen LogP contribution >= 0.6 is 15.9 Å². The molecule has 0 fully saturated rings. The van der Waals surface area contributed by atoms with Crippen LogP contribution < -0.4 is 10.5 Å². The molecule has 4 nitrogen and oxygen atoms in total. The Labute approximate surface area is 96.9 Å². The molecule has 1 rings (SSSR count). The molecule has 0 saturated carbocycles. The van der Waals surface area contributed by atoms with Crippen LogP contribution in [0.4, 0.5) is 0 Å². The van der Waals surface area contributed by atoms with Crippen molar-refractivity contribution in [1.82, 2.24) is 0 Å². The molecule has 1 aromatic rings. The summed E-state index contributed by atoms with van der Waals surface area (Å²) >= 11 is 3.35. The second-order valence-electron chi connectivity index (χ2n) is 3.19. The summed E-state index contributed by atoms with van der Waals surface area (Å²) in [5.41, 5.74) is 6.41. The molecule has 0 aliphatic heterocycles. The van der Waals surface area contributed by atoms with Gasteiger partial charge in [0.25, 0.3) is 0 Å². The van der Waals surface area contributed by atoms with E-state index in [9.17, 15) is 0 Å². The summed E-state index contributed by atoms with van der Waals surface area (Å²) < 4.78 is 6.46. The number of nitrogens with two attached hydrogens (primary N) is 1. The molecule has 0 bridgehead atoms. The lowest BCUT2D eigenvalue weighted by molar-refractivity contribution is 0.264. The van der Waals surface area contributed by atoms with Crippen LogP contribution in [0.25, 0.3) is 0 Å². The highest BCUT2D eigenvalue weighted by atomic mass is 79.9. The van der Waals surface area contributed by atoms with Crippen LogP contribution in [0.15, 0.2) is 27.8 Å². The number of halogens is 1. The molecule has 0 aliphatic carbocycles. The zero-order valence-corrected chi connectivity index (χ0v) is 10.2. The van der Waals surface area contributed by atoms with Crippen LogP contribution in [0.3, 0.4) is 0 Å². The predicted octanol–water partition coefficient (Wildman–Crippen LogP) is 2.27. The minimum atomic E-state index is -0.456. The lowest BCUT2D eigenvalue weighted by atomic mass is 10.2. The molecule has 82 valence electrons. The van der Waals surface area contributed by atoms with E-state index in [1.165, 1.54) is 0 Å². The average Bonchev–Trinajstić information content (AvgIpc) is 2.22. The van der Waals surface area contributed by atoms with Crippen LogP contribution in [-0.2, 0) is 0 Å². The molecule has 0 spiro atoms. The van der Waals surface area contributed by atoms with Crippen LogP contribution in [0, 0.1) is 6.92 Å². The number of oxime groups is 1. The minimum absolute atomic E-state index is 0.0503. The fraction of sp³-hybridized carbons (Fsp3) is 0.300. The van der Waals surface area contributed by atoms with Gasteiger partial charge in [-0.25, -0.2) is 0 Å². The number of ether oxygens (including phenoxy) is 1. The second-order valence-corrected chi connectivity index (χ2v) is 4.11. The number of hydrogen-bond acceptors (Lipinski definition) is 3. The Morgan fingerprint density at radius 3 is 2.87 bits per heavy atom. The zero-order valence-electron chi connectivity index (χ0n) is 8.57. The molecule has 0 aliphatic rings. The van der Waals surface area contributed by atoms with E-state index in [1.807, 2.05) is 25.1 Å². The Balaban J connectivity index is 2.85. The van der Waals surface area contributed by atoms with E-state index in [0.29, 0.717) is 5.75 Å². The highest BCUT2D eigenvalue weighted by molar-refractivity contribution is 9.10. The quantitative estimate of drug-likeness (QED) is 0.384. The van der Waals surface area contributed by atoms with Crippen LogP contribution in [-0.4, -0.2) is 17.1 Å². The standard InChI is InChI=1S/C10H13BrN2O2/c1-6-3-4-8(11)5-9(6)15-7(2)10(12)13-14/h3-5,7,14H,1-2H3,(H2,12,13). The molecule has 0 radical (unpaired) electrons. The Morgan fingerprint density at radius 1 is 1.60 bits per heavy atom. The summed E-state index contributed by atoms with van der Waals surface area (Å²) in [5.74, 6) is 0.762. The molecule has 1 atom stereocenters. The third kappa shape index (κ3) is 3.13. The SMILES string of the molecule is Cc1ccc(Br)cc1OC(C)/C(N)=N/O. The monoisotopic (exact) mass is 272 g/mol. The highest BCUT2D eigenvalue weighted by Crippen LogP contribution is 2.23. The lowest BCUT2D eigenvalue weighted by Gasteiger charge is -2.15. The van der Waals surface area contributed by atoms with Gasteiger partial charge in [0.05, 0.1) is 0 Å². The third-order valence-electron chi connectivity index (χ3n) is 1.99. The normalized spacial score (nSPS) is 13.7. The van der Waals surface area contributed by atoms with Crippen molar-refractivity contribution < 1.29 is 9.94 Å². The average molecular weight is 273 g/mol. The molecule has 0 saturated heterocycles. The van der Waals surface area contributed by atoms with Gasteiger partial charge in [-0.05, 0) is 31.5 Å². The fourth-order valence-electron chi connectivity index (χ4n) is 1.03. The van der Waals surface area contributed by atoms with E-state index in [2.05, 4.69) is 21.1 Å². The Morgan fingerprint density at radius 2 is 2.27 bits per heavy atom. The van der Waals surface area contributed by atoms with Crippen molar-refractivity contribution in [3.63, 3.8) is 0 Å². The Kier molecular flexibility index (Phi) is 3.96. The summed E-state index contributed by atoms with van der Waals surface area (Å²) in [6.45, 7) is 3.65. The van der Waals surface area contributed by atoms with Gasteiger partial charge in [-0.15, -0.1) is 0 Å². The number of rotatable bonds is 3. The van der Waals surface area contributed by atoms with Gasteiger partial charge in [-0.3, -0.25) is 0 Å². The summed E-state index contributed by atoms with van der Waals surface area (Å²) in [6.07, 6.45) is -0.456. The van der Waals surface area contributed by atoms with Gasteiger partial charge >= 0.3 is 0 Å². The molecule has 5 heteroatoms. The highest BCUT2D eigenvalue weighted by Gasteiger charge is 2.10. The smallest absolute Gasteiger partial charge is 0.180 e. The Bertz CT molecular complexity index is 380. The molecule has 1 unspecified atom stereocenters. The Hall–Kier alpha value is -1.23. The largest absolute Gasteiger partial charge is 0.482 e. The minimum Gasteiger partial charge on any atom is -0.482 e. The van der Waals surface area contributed by atoms with E-state index in [0.717, 1.165) is 10.0 Å². The van der Waals surface area contributed by atoms with Gasteiger partial charge in [0, 0.05) is 4.47 Å². The topological polar surface area (TPSA) is 67.8 Å². The predicted molar refractivity (Wildman–Crippen MR) is 62.4 cm³/mol. The maximum Gasteiger partial charge on any atom is 0.180 e. The molecular weight excluding hydrogens is 260 g/mol. The lowest BCUT2D eigenvalue weighted by Crippen LogP contribution is -2.31. The van der Waals surface area contributed by atoms with Crippen molar-refractivity contribution in [1.29, 1.82) is 0 Å². The van der Waals surface area contributed by atoms with Crippen molar-refractivity contribution in [2.45, 2.75) is 20.0 Å². The van der Waals surface area contributed by atoms with Gasteiger partial charge in [0.15, 0.2) is 11.9 Å². The van der Waals surface area contributed by atoms with E-state index in [4.69, 9.17) is 15.7 Å². The molecular formula is C10H13BrN2O2. The van der Waals surface area contributed by atoms with Crippen LogP contribution in [0.2, 0.25) is 0 Å². The number of hydrogen-bond donors (Lipinski definition) is 2. The van der Waals surface area contributed by atoms with Gasteiger partial charge in [0.1, 0.15) is 5.75 Å². The third-order valence-corrected chi connectivity index (χ3v) is 2.48. The first-order valence-corrected chi connectivity index (χ1v) is 5.24. The van der Waals surface area contributed by atoms with Gasteiger partial charge in [-0.1, -0.05) is 27.2 Å². The fourth-order valence-corrected chi connectivity index (χ4v) is 1.37. The van der Waals surface area contributed by atoms with E-state index in [-0.39, 0.29) is 5.84 Å². The first-order valence-electron chi connectivity index (χ1n) is 4.45. The summed E-state index contributed by atoms with van der Waals surface area (Å²) in [4.78, 5) is 0. The second kappa shape index (κ2) is 5.02. The molecule has 15 heavy (non-hydrogen) atoms. The van der Waals surface area contributed by atoms with Crippen molar-refractivity contribution in [3.05, 3.63) is 28.2 Å². The van der Waals surface area contributed by atoms with Crippen molar-refractivity contribution >= 4 is 21.8 Å². The summed E-state index contributed by atoms with van der Waals surface area (Å²) in [7, 11) is 0. The number of amidine groups is 1. The summed E-state index contributed by atoms with van der Waals surface area (Å²) in [5, 5.41) is 11.4. The first-order chi connectivity index (χ1) is 7.04. The van der Waals surface area contributed by atoms with Gasteiger partial charge in [-0.2, -0.15) is 0 Å². The van der Waals surface area contributed by atoms with E-state index >= 15 is 0 Å². The molecule has 0 heterocycles. The van der Waals surface area contributed by atoms with Crippen molar-refractivity contribution in [3.8, 4) is 5.75 Å². The van der Waals surface area contributed by atoms with Crippen LogP contribution in [0.1, 0.15) is 12.5 Å². The molecule has 0 aromatic heterocycles. The van der Waals surface area contributed by atoms with Crippen molar-refractivity contribution in [2.75, 3.05) is 0 Å². The molecule has 0 amide bonds. The number of aryl methyl sites for hydroxylation is 1. The molecule has 1 aromatic carbocycles. The van der Waals surface area contributed by atoms with Crippen molar-refractivity contribution in [2.24, 2.45) is 10.9 Å². The number of nitrogens with zero attached hydrogens (tertiary/aromatic N) is 1. The van der Waals surface area contributed by atoms with Gasteiger partial charge < -0.3 is 15.7 Å². The van der Waals surface area contributed by atoms with E-state index < -0.39 is 6.10 Å². The zero-order chi connectivity index (χ0) is 11.4. The number of benzene rings is 1. The maximum atomic E-state index is 8.48. The van der Waals surface area contributed by atoms with Crippen LogP contribution in [0.5, 0.6) is 5.75 Å². The first kappa shape index (κ1) is 11.8. The molecule has 3 N–H and O–H groups in total. The van der Waals surface area contributed by atoms with E-state index in [1.54, 1.807) is 6.92 Å². The summed E-state index contributed by atoms with van der Waals surface area (Å²) in [6, 6.07) is 5.70. The van der Waals surface area contributed by atoms with Gasteiger partial charge in [0.2, 0.25) is 0 Å².